The molecule has 0 N–H and O–H groups in total. The van der Waals surface area contributed by atoms with Crippen LogP contribution in [-0.2, 0) is 0 Å². The first-order valence-electron chi connectivity index (χ1n) is 4.48. The Kier molecular flexibility index (Phi) is 2.85. The van der Waals surface area contributed by atoms with Crippen molar-refractivity contribution in [1.29, 1.82) is 0 Å². The fourth-order valence-corrected chi connectivity index (χ4v) is 2.02. The largest absolute Gasteiger partial charge is 0.360 e. The Bertz CT molecular complexity index is 507. The molecule has 0 atom stereocenters. The summed E-state index contributed by atoms with van der Waals surface area (Å²) >= 11 is 9.57. The van der Waals surface area contributed by atoms with Gasteiger partial charge in [0.15, 0.2) is 0 Å². The maximum absolute atomic E-state index is 6.14. The summed E-state index contributed by atoms with van der Waals surface area (Å²) in [5, 5.41) is 4.65. The molecular formula is C11H9BrClNO. The second kappa shape index (κ2) is 3.99. The van der Waals surface area contributed by atoms with E-state index < -0.39 is 0 Å². The van der Waals surface area contributed by atoms with Crippen LogP contribution in [0.2, 0.25) is 5.02 Å². The number of hydrogen-bond acceptors (Lipinski definition) is 2. The molecule has 1 heterocycles. The molecule has 2 rings (SSSR count). The van der Waals surface area contributed by atoms with Crippen LogP contribution in [-0.4, -0.2) is 5.16 Å². The highest BCUT2D eigenvalue weighted by Crippen LogP contribution is 2.34. The third-order valence-electron chi connectivity index (χ3n) is 2.17. The van der Waals surface area contributed by atoms with Crippen molar-refractivity contribution in [3.8, 4) is 11.3 Å². The van der Waals surface area contributed by atoms with Crippen LogP contribution in [0.4, 0.5) is 0 Å². The van der Waals surface area contributed by atoms with Crippen LogP contribution in [0.15, 0.2) is 27.2 Å². The van der Waals surface area contributed by atoms with E-state index in [0.717, 1.165) is 27.1 Å². The van der Waals surface area contributed by atoms with E-state index >= 15 is 0 Å². The molecule has 0 saturated heterocycles. The van der Waals surface area contributed by atoms with Gasteiger partial charge < -0.3 is 4.52 Å². The van der Waals surface area contributed by atoms with Crippen molar-refractivity contribution < 1.29 is 4.52 Å². The maximum Gasteiger partial charge on any atom is 0.148 e. The van der Waals surface area contributed by atoms with E-state index in [2.05, 4.69) is 21.1 Å². The third kappa shape index (κ3) is 1.94. The molecule has 1 aromatic heterocycles. The van der Waals surface area contributed by atoms with Crippen molar-refractivity contribution >= 4 is 27.5 Å². The van der Waals surface area contributed by atoms with Gasteiger partial charge >= 0.3 is 0 Å². The normalized spacial score (nSPS) is 10.7. The zero-order valence-corrected chi connectivity index (χ0v) is 10.7. The van der Waals surface area contributed by atoms with Gasteiger partial charge in [0.2, 0.25) is 0 Å². The molecule has 2 aromatic rings. The van der Waals surface area contributed by atoms with Gasteiger partial charge in [0.1, 0.15) is 11.5 Å². The smallest absolute Gasteiger partial charge is 0.148 e. The summed E-state index contributed by atoms with van der Waals surface area (Å²) in [7, 11) is 0. The van der Waals surface area contributed by atoms with Crippen molar-refractivity contribution in [2.24, 2.45) is 0 Å². The average Bonchev–Trinajstić information content (AvgIpc) is 2.49. The Labute approximate surface area is 101 Å². The Morgan fingerprint density at radius 3 is 2.60 bits per heavy atom. The Morgan fingerprint density at radius 2 is 2.07 bits per heavy atom. The van der Waals surface area contributed by atoms with Gasteiger partial charge in [-0.25, -0.2) is 0 Å². The molecule has 0 aliphatic rings. The van der Waals surface area contributed by atoms with Gasteiger partial charge in [-0.05, 0) is 41.4 Å². The predicted molar refractivity (Wildman–Crippen MR) is 64.1 cm³/mol. The highest BCUT2D eigenvalue weighted by Gasteiger charge is 2.14. The summed E-state index contributed by atoms with van der Waals surface area (Å²) < 4.78 is 5.93. The van der Waals surface area contributed by atoms with Gasteiger partial charge in [-0.3, -0.25) is 0 Å². The first-order chi connectivity index (χ1) is 7.09. The van der Waals surface area contributed by atoms with Crippen LogP contribution >= 0.6 is 27.5 Å². The molecule has 4 heteroatoms. The van der Waals surface area contributed by atoms with E-state index in [9.17, 15) is 0 Å². The van der Waals surface area contributed by atoms with Crippen LogP contribution < -0.4 is 0 Å². The van der Waals surface area contributed by atoms with Crippen LogP contribution in [0.1, 0.15) is 11.3 Å². The number of halogens is 2. The Morgan fingerprint density at radius 1 is 1.33 bits per heavy atom. The molecule has 0 aliphatic carbocycles. The molecule has 15 heavy (non-hydrogen) atoms. The van der Waals surface area contributed by atoms with Gasteiger partial charge in [0.25, 0.3) is 0 Å². The van der Waals surface area contributed by atoms with Crippen LogP contribution in [0.25, 0.3) is 11.3 Å². The van der Waals surface area contributed by atoms with Crippen molar-refractivity contribution in [3.05, 3.63) is 39.0 Å². The second-order valence-corrected chi connectivity index (χ2v) is 4.58. The minimum absolute atomic E-state index is 0.684. The van der Waals surface area contributed by atoms with E-state index in [1.54, 1.807) is 0 Å². The number of benzene rings is 1. The molecule has 2 nitrogen and oxygen atoms in total. The lowest BCUT2D eigenvalue weighted by molar-refractivity contribution is 0.399. The number of nitrogens with zero attached hydrogens (tertiary/aromatic N) is 1. The summed E-state index contributed by atoms with van der Waals surface area (Å²) in [5.41, 5.74) is 2.75. The van der Waals surface area contributed by atoms with Crippen molar-refractivity contribution in [1.82, 2.24) is 5.16 Å². The minimum Gasteiger partial charge on any atom is -0.360 e. The molecule has 0 fully saturated rings. The molecule has 0 spiro atoms. The van der Waals surface area contributed by atoms with E-state index in [1.807, 2.05) is 32.0 Å². The Hall–Kier alpha value is -0.800. The fourth-order valence-electron chi connectivity index (χ4n) is 1.34. The standard InChI is InChI=1S/C11H9BrClNO/c1-6-3-4-8(9(13)5-6)11-10(12)7(2)15-14-11/h3-5H,1-2H3. The first kappa shape index (κ1) is 10.7. The van der Waals surface area contributed by atoms with Crippen molar-refractivity contribution in [2.75, 3.05) is 0 Å². The summed E-state index contributed by atoms with van der Waals surface area (Å²) in [6, 6.07) is 5.85. The molecule has 78 valence electrons. The Balaban J connectivity index is 2.59. The number of hydrogen-bond donors (Lipinski definition) is 0. The van der Waals surface area contributed by atoms with Crippen LogP contribution in [0.3, 0.4) is 0 Å². The summed E-state index contributed by atoms with van der Waals surface area (Å²) in [5.74, 6) is 0.752. The third-order valence-corrected chi connectivity index (χ3v) is 3.42. The molecule has 0 radical (unpaired) electrons. The molecule has 0 amide bonds. The zero-order chi connectivity index (χ0) is 11.0. The van der Waals surface area contributed by atoms with E-state index in [1.165, 1.54) is 0 Å². The first-order valence-corrected chi connectivity index (χ1v) is 5.65. The van der Waals surface area contributed by atoms with Crippen molar-refractivity contribution in [3.63, 3.8) is 0 Å². The highest BCUT2D eigenvalue weighted by molar-refractivity contribution is 9.10. The van der Waals surface area contributed by atoms with Gasteiger partial charge in [-0.2, -0.15) is 0 Å². The quantitative estimate of drug-likeness (QED) is 0.778. The average molecular weight is 287 g/mol. The SMILES string of the molecule is Cc1ccc(-c2noc(C)c2Br)c(Cl)c1. The monoisotopic (exact) mass is 285 g/mol. The van der Waals surface area contributed by atoms with Gasteiger partial charge in [0.05, 0.1) is 9.50 Å². The molecule has 0 aliphatic heterocycles. The van der Waals surface area contributed by atoms with Crippen LogP contribution in [0, 0.1) is 13.8 Å². The molecular weight excluding hydrogens is 277 g/mol. The summed E-state index contributed by atoms with van der Waals surface area (Å²) in [6.07, 6.45) is 0. The number of aryl methyl sites for hydroxylation is 2. The molecule has 1 aromatic carbocycles. The van der Waals surface area contributed by atoms with Crippen molar-refractivity contribution in [2.45, 2.75) is 13.8 Å². The lowest BCUT2D eigenvalue weighted by atomic mass is 10.1. The van der Waals surface area contributed by atoms with Gasteiger partial charge in [-0.15, -0.1) is 0 Å². The molecule has 0 saturated carbocycles. The fraction of sp³-hybridized carbons (Fsp3) is 0.182. The van der Waals surface area contributed by atoms with E-state index in [-0.39, 0.29) is 0 Å². The number of aromatic nitrogens is 1. The maximum atomic E-state index is 6.14. The van der Waals surface area contributed by atoms with Gasteiger partial charge in [0, 0.05) is 5.56 Å². The molecule has 0 unspecified atom stereocenters. The predicted octanol–water partition coefficient (Wildman–Crippen LogP) is 4.37. The lowest BCUT2D eigenvalue weighted by Crippen LogP contribution is -1.82. The van der Waals surface area contributed by atoms with E-state index in [4.69, 9.17) is 16.1 Å². The topological polar surface area (TPSA) is 26.0 Å². The van der Waals surface area contributed by atoms with Gasteiger partial charge in [-0.1, -0.05) is 28.9 Å². The lowest BCUT2D eigenvalue weighted by Gasteiger charge is -2.01. The summed E-state index contributed by atoms with van der Waals surface area (Å²) in [4.78, 5) is 0. The molecule has 0 bridgehead atoms. The summed E-state index contributed by atoms with van der Waals surface area (Å²) in [6.45, 7) is 3.85. The van der Waals surface area contributed by atoms with Crippen LogP contribution in [0.5, 0.6) is 0 Å². The second-order valence-electron chi connectivity index (χ2n) is 3.38. The number of rotatable bonds is 1. The minimum atomic E-state index is 0.684. The highest BCUT2D eigenvalue weighted by atomic mass is 79.9. The van der Waals surface area contributed by atoms with E-state index in [0.29, 0.717) is 5.02 Å². The zero-order valence-electron chi connectivity index (χ0n) is 8.34.